The Morgan fingerprint density at radius 2 is 1.97 bits per heavy atom. The number of aliphatic hydroxyl groups excluding tert-OH is 1. The molecule has 1 spiro atoms. The van der Waals surface area contributed by atoms with Crippen molar-refractivity contribution < 1.29 is 33.7 Å². The zero-order valence-corrected chi connectivity index (χ0v) is 23.0. The van der Waals surface area contributed by atoms with E-state index in [0.29, 0.717) is 30.7 Å². The van der Waals surface area contributed by atoms with Crippen molar-refractivity contribution in [2.24, 2.45) is 17.8 Å². The molecular formula is C29H40N2O7. The van der Waals surface area contributed by atoms with E-state index in [9.17, 15) is 19.5 Å². The van der Waals surface area contributed by atoms with E-state index in [4.69, 9.17) is 14.2 Å². The van der Waals surface area contributed by atoms with Crippen LogP contribution in [-0.2, 0) is 23.9 Å². The molecule has 2 amide bonds. The maximum absolute atomic E-state index is 14.6. The van der Waals surface area contributed by atoms with Crippen molar-refractivity contribution in [3.05, 3.63) is 36.9 Å². The quantitative estimate of drug-likeness (QED) is 0.348. The Morgan fingerprint density at radius 1 is 1.29 bits per heavy atom. The van der Waals surface area contributed by atoms with Crippen LogP contribution in [0.1, 0.15) is 47.0 Å². The van der Waals surface area contributed by atoms with E-state index < -0.39 is 41.1 Å². The third kappa shape index (κ3) is 4.39. The Balaban J connectivity index is 1.84. The van der Waals surface area contributed by atoms with Gasteiger partial charge in [-0.3, -0.25) is 14.4 Å². The number of amides is 2. The zero-order chi connectivity index (χ0) is 27.8. The molecular weight excluding hydrogens is 488 g/mol. The smallest absolute Gasteiger partial charge is 0.312 e. The number of methoxy groups -OCH3 is 1. The molecule has 0 radical (unpaired) electrons. The molecule has 2 bridgehead atoms. The molecule has 2 unspecified atom stereocenters. The summed E-state index contributed by atoms with van der Waals surface area (Å²) in [7, 11) is 1.57. The number of esters is 1. The molecule has 3 aliphatic heterocycles. The van der Waals surface area contributed by atoms with Crippen molar-refractivity contribution in [1.82, 2.24) is 4.90 Å². The SMILES string of the molecule is C=CCN(C(=O)C1N([C@@H](CO)CC(C)C)C(=O)[C@@H]2[C@H](C(=O)OCC)[C@]3(C)CCC12O3)c1ccc(OC)cc1. The van der Waals surface area contributed by atoms with Gasteiger partial charge in [-0.1, -0.05) is 19.9 Å². The zero-order valence-electron chi connectivity index (χ0n) is 23.0. The van der Waals surface area contributed by atoms with Crippen LogP contribution in [0, 0.1) is 17.8 Å². The summed E-state index contributed by atoms with van der Waals surface area (Å²) >= 11 is 0. The first kappa shape index (κ1) is 28.1. The molecule has 1 aromatic rings. The van der Waals surface area contributed by atoms with Gasteiger partial charge < -0.3 is 29.1 Å². The second kappa shape index (κ2) is 10.7. The van der Waals surface area contributed by atoms with Crippen LogP contribution in [-0.4, -0.2) is 77.9 Å². The lowest BCUT2D eigenvalue weighted by Gasteiger charge is -2.40. The van der Waals surface area contributed by atoms with Crippen LogP contribution in [0.4, 0.5) is 5.69 Å². The van der Waals surface area contributed by atoms with Crippen molar-refractivity contribution in [1.29, 1.82) is 0 Å². The highest BCUT2D eigenvalue weighted by Crippen LogP contribution is 2.64. The second-order valence-electron chi connectivity index (χ2n) is 11.1. The van der Waals surface area contributed by atoms with E-state index in [-0.39, 0.29) is 37.5 Å². The summed E-state index contributed by atoms with van der Waals surface area (Å²) in [6.07, 6.45) is 3.11. The van der Waals surface area contributed by atoms with Crippen LogP contribution in [0.2, 0.25) is 0 Å². The standard InChI is InChI=1S/C29H40N2O7/c1-7-15-30(19-9-11-21(36-6)12-10-19)26(34)24-29-14-13-28(5,38-29)23(27(35)37-8-2)22(29)25(33)31(24)20(17-32)16-18(3)4/h7,9-12,18,20,22-24,32H,1,8,13-17H2,2-6H3/t20-,22+,23-,24?,28+,29?/m1/s1. The van der Waals surface area contributed by atoms with E-state index in [2.05, 4.69) is 6.58 Å². The highest BCUT2D eigenvalue weighted by molar-refractivity contribution is 6.05. The minimum Gasteiger partial charge on any atom is -0.497 e. The topological polar surface area (TPSA) is 106 Å². The molecule has 6 atom stereocenters. The van der Waals surface area contributed by atoms with Crippen LogP contribution < -0.4 is 9.64 Å². The van der Waals surface area contributed by atoms with Crippen LogP contribution in [0.3, 0.4) is 0 Å². The molecule has 9 heteroatoms. The summed E-state index contributed by atoms with van der Waals surface area (Å²) in [6.45, 7) is 11.5. The third-order valence-corrected chi connectivity index (χ3v) is 8.30. The molecule has 1 N–H and O–H groups in total. The second-order valence-corrected chi connectivity index (χ2v) is 11.1. The van der Waals surface area contributed by atoms with Gasteiger partial charge in [-0.25, -0.2) is 0 Å². The number of nitrogens with zero attached hydrogens (tertiary/aromatic N) is 2. The molecule has 0 aliphatic carbocycles. The molecule has 38 heavy (non-hydrogen) atoms. The van der Waals surface area contributed by atoms with Crippen LogP contribution >= 0.6 is 0 Å². The fourth-order valence-electron chi connectivity index (χ4n) is 6.81. The number of benzene rings is 1. The molecule has 9 nitrogen and oxygen atoms in total. The van der Waals surface area contributed by atoms with E-state index in [1.54, 1.807) is 49.3 Å². The fourth-order valence-corrected chi connectivity index (χ4v) is 6.81. The number of carbonyl (C=O) groups is 3. The van der Waals surface area contributed by atoms with Crippen molar-refractivity contribution in [3.8, 4) is 5.75 Å². The summed E-state index contributed by atoms with van der Waals surface area (Å²) in [6, 6.07) is 5.48. The first-order chi connectivity index (χ1) is 18.1. The molecule has 1 aromatic carbocycles. The van der Waals surface area contributed by atoms with Gasteiger partial charge in [0.25, 0.3) is 5.91 Å². The highest BCUT2D eigenvalue weighted by atomic mass is 16.6. The monoisotopic (exact) mass is 528 g/mol. The van der Waals surface area contributed by atoms with Gasteiger partial charge in [0, 0.05) is 12.2 Å². The first-order valence-corrected chi connectivity index (χ1v) is 13.4. The molecule has 3 aliphatic rings. The fraction of sp³-hybridized carbons (Fsp3) is 0.621. The lowest BCUT2D eigenvalue weighted by atomic mass is 9.66. The van der Waals surface area contributed by atoms with Gasteiger partial charge in [-0.05, 0) is 63.3 Å². The molecule has 208 valence electrons. The number of fused-ring (bicyclic) bond motifs is 1. The molecule has 4 rings (SSSR count). The summed E-state index contributed by atoms with van der Waals surface area (Å²) in [5.74, 6) is -2.02. The number of anilines is 1. The Hall–Kier alpha value is -2.91. The van der Waals surface area contributed by atoms with E-state index in [0.717, 1.165) is 0 Å². The van der Waals surface area contributed by atoms with Gasteiger partial charge in [-0.2, -0.15) is 0 Å². The average Bonchev–Trinajstić information content (AvgIpc) is 3.46. The number of likely N-dealkylation sites (tertiary alicyclic amines) is 1. The van der Waals surface area contributed by atoms with Gasteiger partial charge in [0.2, 0.25) is 5.91 Å². The Morgan fingerprint density at radius 3 is 2.53 bits per heavy atom. The van der Waals surface area contributed by atoms with Gasteiger partial charge >= 0.3 is 5.97 Å². The van der Waals surface area contributed by atoms with Gasteiger partial charge in [-0.15, -0.1) is 6.58 Å². The van der Waals surface area contributed by atoms with Crippen molar-refractivity contribution in [3.63, 3.8) is 0 Å². The summed E-state index contributed by atoms with van der Waals surface area (Å²) in [5.41, 5.74) is -1.49. The lowest BCUT2D eigenvalue weighted by molar-refractivity contribution is -0.160. The number of hydrogen-bond donors (Lipinski definition) is 1. The Labute approximate surface area is 224 Å². The maximum atomic E-state index is 14.6. The van der Waals surface area contributed by atoms with Crippen molar-refractivity contribution in [2.75, 3.05) is 31.8 Å². The minimum absolute atomic E-state index is 0.162. The van der Waals surface area contributed by atoms with Crippen LogP contribution in [0.25, 0.3) is 0 Å². The van der Waals surface area contributed by atoms with Gasteiger partial charge in [0.1, 0.15) is 23.3 Å². The number of aliphatic hydroxyl groups is 1. The number of ether oxygens (including phenoxy) is 3. The predicted molar refractivity (Wildman–Crippen MR) is 142 cm³/mol. The van der Waals surface area contributed by atoms with Crippen LogP contribution in [0.15, 0.2) is 36.9 Å². The van der Waals surface area contributed by atoms with Gasteiger partial charge in [0.15, 0.2) is 0 Å². The van der Waals surface area contributed by atoms with E-state index in [1.807, 2.05) is 20.8 Å². The Bertz CT molecular complexity index is 1070. The maximum Gasteiger partial charge on any atom is 0.312 e. The van der Waals surface area contributed by atoms with Gasteiger partial charge in [0.05, 0.1) is 37.9 Å². The van der Waals surface area contributed by atoms with Crippen molar-refractivity contribution in [2.45, 2.75) is 70.2 Å². The Kier molecular flexibility index (Phi) is 7.91. The average molecular weight is 529 g/mol. The van der Waals surface area contributed by atoms with Crippen LogP contribution in [0.5, 0.6) is 5.75 Å². The van der Waals surface area contributed by atoms with E-state index >= 15 is 0 Å². The number of hydrogen-bond acceptors (Lipinski definition) is 7. The molecule has 0 aromatic heterocycles. The summed E-state index contributed by atoms with van der Waals surface area (Å²) < 4.78 is 17.3. The number of rotatable bonds is 11. The predicted octanol–water partition coefficient (Wildman–Crippen LogP) is 2.95. The normalized spacial score (nSPS) is 30.3. The third-order valence-electron chi connectivity index (χ3n) is 8.30. The first-order valence-electron chi connectivity index (χ1n) is 13.4. The highest BCUT2D eigenvalue weighted by Gasteiger charge is 2.79. The minimum atomic E-state index is -1.20. The summed E-state index contributed by atoms with van der Waals surface area (Å²) in [4.78, 5) is 45.1. The van der Waals surface area contributed by atoms with Crippen molar-refractivity contribution >= 4 is 23.5 Å². The molecule has 3 saturated heterocycles. The van der Waals surface area contributed by atoms with E-state index in [1.165, 1.54) is 4.90 Å². The number of carbonyl (C=O) groups excluding carboxylic acids is 3. The lowest BCUT2D eigenvalue weighted by Crippen LogP contribution is -2.59. The molecule has 3 fully saturated rings. The molecule has 0 saturated carbocycles. The molecule has 3 heterocycles. The largest absolute Gasteiger partial charge is 0.497 e. The summed E-state index contributed by atoms with van der Waals surface area (Å²) in [5, 5.41) is 10.4.